The van der Waals surface area contributed by atoms with E-state index in [4.69, 9.17) is 5.73 Å². The number of benzene rings is 1. The third-order valence-corrected chi connectivity index (χ3v) is 3.82. The lowest BCUT2D eigenvalue weighted by atomic mass is 10.0. The van der Waals surface area contributed by atoms with Gasteiger partial charge < -0.3 is 16.0 Å². The minimum absolute atomic E-state index is 0.00560. The Bertz CT molecular complexity index is 459. The molecule has 1 heterocycles. The molecule has 1 unspecified atom stereocenters. The largest absolute Gasteiger partial charge is 0.399 e. The van der Waals surface area contributed by atoms with Crippen LogP contribution >= 0.6 is 0 Å². The second kappa shape index (κ2) is 6.06. The van der Waals surface area contributed by atoms with Crippen LogP contribution in [0.1, 0.15) is 35.7 Å². The van der Waals surface area contributed by atoms with Crippen molar-refractivity contribution in [3.8, 4) is 0 Å². The fraction of sp³-hybridized carbons (Fsp3) is 0.533. The summed E-state index contributed by atoms with van der Waals surface area (Å²) in [5.74, 6) is 0.00560. The van der Waals surface area contributed by atoms with Gasteiger partial charge in [-0.05, 0) is 56.6 Å². The number of hydrogen-bond acceptors (Lipinski definition) is 3. The Kier molecular flexibility index (Phi) is 4.43. The molecule has 2 rings (SSSR count). The van der Waals surface area contributed by atoms with Gasteiger partial charge in [-0.1, -0.05) is 6.92 Å². The summed E-state index contributed by atoms with van der Waals surface area (Å²) in [4.78, 5) is 14.6. The third-order valence-electron chi connectivity index (χ3n) is 3.82. The van der Waals surface area contributed by atoms with Crippen molar-refractivity contribution in [1.29, 1.82) is 0 Å². The van der Waals surface area contributed by atoms with Crippen molar-refractivity contribution in [3.63, 3.8) is 0 Å². The lowest BCUT2D eigenvalue weighted by molar-refractivity contribution is 0.0906. The van der Waals surface area contributed by atoms with Crippen LogP contribution < -0.4 is 11.1 Å². The van der Waals surface area contributed by atoms with Crippen LogP contribution in [-0.2, 0) is 0 Å². The molecule has 4 nitrogen and oxygen atoms in total. The van der Waals surface area contributed by atoms with E-state index in [1.54, 1.807) is 12.1 Å². The van der Waals surface area contributed by atoms with E-state index in [-0.39, 0.29) is 11.9 Å². The highest BCUT2D eigenvalue weighted by atomic mass is 16.1. The summed E-state index contributed by atoms with van der Waals surface area (Å²) in [7, 11) is 0. The Morgan fingerprint density at radius 1 is 1.53 bits per heavy atom. The fourth-order valence-corrected chi connectivity index (χ4v) is 2.55. The van der Waals surface area contributed by atoms with Gasteiger partial charge in [0.2, 0.25) is 0 Å². The van der Waals surface area contributed by atoms with Crippen molar-refractivity contribution in [3.05, 3.63) is 29.3 Å². The molecule has 0 bridgehead atoms. The summed E-state index contributed by atoms with van der Waals surface area (Å²) in [6.45, 7) is 7.23. The molecule has 19 heavy (non-hydrogen) atoms. The van der Waals surface area contributed by atoms with Crippen LogP contribution in [0.4, 0.5) is 5.69 Å². The molecular formula is C15H23N3O. The smallest absolute Gasteiger partial charge is 0.251 e. The van der Waals surface area contributed by atoms with Crippen LogP contribution in [0, 0.1) is 6.92 Å². The van der Waals surface area contributed by atoms with Crippen molar-refractivity contribution in [2.45, 2.75) is 32.7 Å². The van der Waals surface area contributed by atoms with Gasteiger partial charge in [-0.3, -0.25) is 4.79 Å². The molecule has 0 aliphatic carbocycles. The summed E-state index contributed by atoms with van der Waals surface area (Å²) in [6.07, 6.45) is 2.22. The molecular weight excluding hydrogens is 238 g/mol. The lowest BCUT2D eigenvalue weighted by Crippen LogP contribution is -2.47. The van der Waals surface area contributed by atoms with Gasteiger partial charge in [0.05, 0.1) is 0 Å². The van der Waals surface area contributed by atoms with Gasteiger partial charge in [-0.2, -0.15) is 0 Å². The van der Waals surface area contributed by atoms with Gasteiger partial charge >= 0.3 is 0 Å². The Morgan fingerprint density at radius 3 is 3.00 bits per heavy atom. The second-order valence-electron chi connectivity index (χ2n) is 5.28. The summed E-state index contributed by atoms with van der Waals surface area (Å²) < 4.78 is 0. The van der Waals surface area contributed by atoms with Gasteiger partial charge in [-0.15, -0.1) is 0 Å². The Labute approximate surface area is 115 Å². The number of nitrogens with one attached hydrogen (secondary N) is 1. The number of nitrogens with zero attached hydrogens (tertiary/aromatic N) is 1. The molecule has 1 amide bonds. The maximum absolute atomic E-state index is 12.2. The van der Waals surface area contributed by atoms with Gasteiger partial charge in [0.15, 0.2) is 0 Å². The van der Waals surface area contributed by atoms with Crippen LogP contribution in [0.15, 0.2) is 18.2 Å². The molecule has 1 aromatic carbocycles. The Balaban J connectivity index is 1.98. The monoisotopic (exact) mass is 261 g/mol. The number of likely N-dealkylation sites (N-methyl/N-ethyl adjacent to an activating group) is 1. The molecule has 0 saturated carbocycles. The molecule has 1 saturated heterocycles. The van der Waals surface area contributed by atoms with E-state index < -0.39 is 0 Å². The number of carbonyl (C=O) groups is 1. The molecule has 1 atom stereocenters. The van der Waals surface area contributed by atoms with Crippen LogP contribution in [0.2, 0.25) is 0 Å². The highest BCUT2D eigenvalue weighted by molar-refractivity contribution is 5.95. The average molecular weight is 261 g/mol. The van der Waals surface area contributed by atoms with Gasteiger partial charge in [0.25, 0.3) is 5.91 Å². The fourth-order valence-electron chi connectivity index (χ4n) is 2.55. The normalized spacial score (nSPS) is 20.2. The minimum Gasteiger partial charge on any atom is -0.399 e. The van der Waals surface area contributed by atoms with Gasteiger partial charge in [0.1, 0.15) is 0 Å². The van der Waals surface area contributed by atoms with Crippen LogP contribution in [-0.4, -0.2) is 36.5 Å². The molecule has 1 aliphatic heterocycles. The maximum Gasteiger partial charge on any atom is 0.251 e. The number of nitrogen functional groups attached to an aromatic ring is 1. The van der Waals surface area contributed by atoms with Crippen LogP contribution in [0.3, 0.4) is 0 Å². The summed E-state index contributed by atoms with van der Waals surface area (Å²) >= 11 is 0. The van der Waals surface area contributed by atoms with Crippen molar-refractivity contribution < 1.29 is 4.79 Å². The Morgan fingerprint density at radius 2 is 2.32 bits per heavy atom. The SMILES string of the molecule is CCN1CCCC(NC(=O)c2ccc(N)c(C)c2)C1. The zero-order chi connectivity index (χ0) is 13.8. The van der Waals surface area contributed by atoms with Gasteiger partial charge in [-0.25, -0.2) is 0 Å². The highest BCUT2D eigenvalue weighted by Gasteiger charge is 2.20. The third kappa shape index (κ3) is 3.47. The van der Waals surface area contributed by atoms with Gasteiger partial charge in [0, 0.05) is 23.8 Å². The maximum atomic E-state index is 12.2. The topological polar surface area (TPSA) is 58.4 Å². The number of aryl methyl sites for hydroxylation is 1. The number of hydrogen-bond donors (Lipinski definition) is 2. The first-order chi connectivity index (χ1) is 9.10. The first-order valence-electron chi connectivity index (χ1n) is 6.99. The van der Waals surface area contributed by atoms with E-state index in [0.717, 1.165) is 43.7 Å². The molecule has 1 aromatic rings. The Hall–Kier alpha value is -1.55. The number of nitrogens with two attached hydrogens (primary N) is 1. The summed E-state index contributed by atoms with van der Waals surface area (Å²) in [6, 6.07) is 5.70. The van der Waals surface area contributed by atoms with E-state index >= 15 is 0 Å². The summed E-state index contributed by atoms with van der Waals surface area (Å²) in [5, 5.41) is 3.12. The van der Waals surface area contributed by atoms with E-state index in [9.17, 15) is 4.79 Å². The first kappa shape index (κ1) is 13.9. The molecule has 4 heteroatoms. The molecule has 0 aromatic heterocycles. The zero-order valence-electron chi connectivity index (χ0n) is 11.8. The molecule has 1 fully saturated rings. The lowest BCUT2D eigenvalue weighted by Gasteiger charge is -2.32. The van der Waals surface area contributed by atoms with E-state index in [2.05, 4.69) is 17.1 Å². The average Bonchev–Trinajstić information content (AvgIpc) is 2.42. The minimum atomic E-state index is 0.00560. The number of piperidine rings is 1. The molecule has 3 N–H and O–H groups in total. The summed E-state index contributed by atoms with van der Waals surface area (Å²) in [5.41, 5.74) is 8.14. The van der Waals surface area contributed by atoms with Crippen molar-refractivity contribution in [2.24, 2.45) is 0 Å². The van der Waals surface area contributed by atoms with E-state index in [0.29, 0.717) is 5.56 Å². The number of rotatable bonds is 3. The van der Waals surface area contributed by atoms with E-state index in [1.165, 1.54) is 0 Å². The molecule has 0 radical (unpaired) electrons. The van der Waals surface area contributed by atoms with Crippen molar-refractivity contribution >= 4 is 11.6 Å². The van der Waals surface area contributed by atoms with Crippen LogP contribution in [0.5, 0.6) is 0 Å². The predicted molar refractivity (Wildman–Crippen MR) is 78.2 cm³/mol. The molecule has 0 spiro atoms. The van der Waals surface area contributed by atoms with E-state index in [1.807, 2.05) is 13.0 Å². The second-order valence-corrected chi connectivity index (χ2v) is 5.28. The predicted octanol–water partition coefficient (Wildman–Crippen LogP) is 1.79. The van der Waals surface area contributed by atoms with Crippen molar-refractivity contribution in [1.82, 2.24) is 10.2 Å². The number of anilines is 1. The molecule has 1 aliphatic rings. The first-order valence-corrected chi connectivity index (χ1v) is 6.99. The molecule has 104 valence electrons. The number of amides is 1. The number of carbonyl (C=O) groups excluding carboxylic acids is 1. The zero-order valence-corrected chi connectivity index (χ0v) is 11.8. The quantitative estimate of drug-likeness (QED) is 0.816. The highest BCUT2D eigenvalue weighted by Crippen LogP contribution is 2.14. The standard InChI is InChI=1S/C15H23N3O/c1-3-18-8-4-5-13(10-18)17-15(19)12-6-7-14(16)11(2)9-12/h6-7,9,13H,3-5,8,10,16H2,1-2H3,(H,17,19). The van der Waals surface area contributed by atoms with Crippen LogP contribution in [0.25, 0.3) is 0 Å². The number of likely N-dealkylation sites (tertiary alicyclic amines) is 1. The van der Waals surface area contributed by atoms with Crippen molar-refractivity contribution in [2.75, 3.05) is 25.4 Å².